The van der Waals surface area contributed by atoms with Gasteiger partial charge in [0.15, 0.2) is 0 Å². The molecule has 3 atom stereocenters. The predicted octanol–water partition coefficient (Wildman–Crippen LogP) is 2.78. The second kappa shape index (κ2) is 3.85. The van der Waals surface area contributed by atoms with Crippen LogP contribution in [0.3, 0.4) is 0 Å². The molecule has 86 valence electrons. The first-order chi connectivity index (χ1) is 7.72. The normalized spacial score (nSPS) is 33.5. The van der Waals surface area contributed by atoms with Crippen LogP contribution in [0.25, 0.3) is 0 Å². The molecule has 2 aliphatic carbocycles. The Morgan fingerprint density at radius 2 is 2.00 bits per heavy atom. The number of aliphatic hydroxyl groups excluding tert-OH is 1. The summed E-state index contributed by atoms with van der Waals surface area (Å²) in [6.45, 7) is 0. The molecule has 0 aromatic heterocycles. The first-order valence-electron chi connectivity index (χ1n) is 6.15. The average Bonchev–Trinajstić information content (AvgIpc) is 2.86. The third kappa shape index (κ3) is 1.99. The fourth-order valence-corrected chi connectivity index (χ4v) is 3.15. The first kappa shape index (κ1) is 10.3. The molecule has 1 nitrogen and oxygen atoms in total. The lowest BCUT2D eigenvalue weighted by Gasteiger charge is -2.19. The molecule has 1 aromatic rings. The maximum Gasteiger partial charge on any atom is 0.123 e. The van der Waals surface area contributed by atoms with Gasteiger partial charge in [-0.15, -0.1) is 0 Å². The van der Waals surface area contributed by atoms with Crippen molar-refractivity contribution in [1.29, 1.82) is 0 Å². The van der Waals surface area contributed by atoms with Crippen molar-refractivity contribution in [1.82, 2.24) is 0 Å². The van der Waals surface area contributed by atoms with E-state index in [1.54, 1.807) is 6.07 Å². The van der Waals surface area contributed by atoms with Gasteiger partial charge in [0.2, 0.25) is 0 Å². The van der Waals surface area contributed by atoms with Crippen molar-refractivity contribution in [2.45, 2.75) is 31.8 Å². The summed E-state index contributed by atoms with van der Waals surface area (Å²) >= 11 is 0. The van der Waals surface area contributed by atoms with Crippen molar-refractivity contribution in [2.75, 3.05) is 0 Å². The highest BCUT2D eigenvalue weighted by Crippen LogP contribution is 2.55. The molecule has 2 aliphatic rings. The molecule has 3 unspecified atom stereocenters. The van der Waals surface area contributed by atoms with Gasteiger partial charge in [-0.05, 0) is 61.1 Å². The van der Waals surface area contributed by atoms with Gasteiger partial charge in [0, 0.05) is 0 Å². The Hall–Kier alpha value is -0.890. The highest BCUT2D eigenvalue weighted by atomic mass is 19.1. The van der Waals surface area contributed by atoms with Crippen LogP contribution < -0.4 is 0 Å². The van der Waals surface area contributed by atoms with Gasteiger partial charge < -0.3 is 5.11 Å². The largest absolute Gasteiger partial charge is 0.392 e. The topological polar surface area (TPSA) is 20.2 Å². The van der Waals surface area contributed by atoms with E-state index in [0.29, 0.717) is 12.3 Å². The number of fused-ring (bicyclic) bond motifs is 1. The van der Waals surface area contributed by atoms with E-state index >= 15 is 0 Å². The van der Waals surface area contributed by atoms with Crippen LogP contribution in [0.5, 0.6) is 0 Å². The summed E-state index contributed by atoms with van der Waals surface area (Å²) in [4.78, 5) is 0. The van der Waals surface area contributed by atoms with Gasteiger partial charge in [0.05, 0.1) is 6.10 Å². The van der Waals surface area contributed by atoms with E-state index in [1.807, 2.05) is 6.07 Å². The Kier molecular flexibility index (Phi) is 2.47. The molecule has 2 fully saturated rings. The molecule has 0 saturated heterocycles. The molecule has 0 spiro atoms. The third-order valence-corrected chi connectivity index (χ3v) is 4.16. The molecule has 0 bridgehead atoms. The minimum atomic E-state index is -0.283. The summed E-state index contributed by atoms with van der Waals surface area (Å²) in [5.41, 5.74) is 0.910. The summed E-state index contributed by atoms with van der Waals surface area (Å²) in [5, 5.41) is 10.1. The lowest BCUT2D eigenvalue weighted by molar-refractivity contribution is 0.104. The Morgan fingerprint density at radius 3 is 2.69 bits per heavy atom. The molecule has 16 heavy (non-hydrogen) atoms. The van der Waals surface area contributed by atoms with Crippen LogP contribution in [0.1, 0.15) is 24.8 Å². The molecule has 0 heterocycles. The van der Waals surface area contributed by atoms with Crippen LogP contribution in [-0.2, 0) is 6.42 Å². The summed E-state index contributed by atoms with van der Waals surface area (Å²) in [7, 11) is 0. The molecular weight excluding hydrogens is 203 g/mol. The number of hydrogen-bond donors (Lipinski definition) is 1. The van der Waals surface area contributed by atoms with Crippen LogP contribution in [0.2, 0.25) is 0 Å². The van der Waals surface area contributed by atoms with Gasteiger partial charge >= 0.3 is 0 Å². The van der Waals surface area contributed by atoms with Crippen LogP contribution in [0.15, 0.2) is 24.3 Å². The van der Waals surface area contributed by atoms with Crippen molar-refractivity contribution in [2.24, 2.45) is 17.8 Å². The van der Waals surface area contributed by atoms with Gasteiger partial charge in [0.1, 0.15) is 5.82 Å². The molecule has 0 amide bonds. The van der Waals surface area contributed by atoms with E-state index < -0.39 is 0 Å². The summed E-state index contributed by atoms with van der Waals surface area (Å²) < 4.78 is 13.0. The van der Waals surface area contributed by atoms with Crippen LogP contribution in [0.4, 0.5) is 4.39 Å². The van der Waals surface area contributed by atoms with Crippen molar-refractivity contribution in [3.05, 3.63) is 35.6 Å². The zero-order valence-electron chi connectivity index (χ0n) is 9.27. The fourth-order valence-electron chi connectivity index (χ4n) is 3.15. The van der Waals surface area contributed by atoms with Crippen molar-refractivity contribution < 1.29 is 9.50 Å². The summed E-state index contributed by atoms with van der Waals surface area (Å²) in [6, 6.07) is 6.57. The summed E-state index contributed by atoms with van der Waals surface area (Å²) in [6.07, 6.45) is 4.06. The Labute approximate surface area is 95.3 Å². The van der Waals surface area contributed by atoms with Gasteiger partial charge in [-0.1, -0.05) is 12.1 Å². The zero-order valence-corrected chi connectivity index (χ0v) is 9.27. The molecule has 2 heteroatoms. The zero-order chi connectivity index (χ0) is 11.1. The second-order valence-corrected chi connectivity index (χ2v) is 5.39. The van der Waals surface area contributed by atoms with E-state index in [1.165, 1.54) is 31.4 Å². The molecule has 2 saturated carbocycles. The van der Waals surface area contributed by atoms with E-state index in [0.717, 1.165) is 17.4 Å². The maximum absolute atomic E-state index is 13.0. The quantitative estimate of drug-likeness (QED) is 0.830. The van der Waals surface area contributed by atoms with Crippen molar-refractivity contribution >= 4 is 0 Å². The number of halogens is 1. The van der Waals surface area contributed by atoms with Crippen LogP contribution in [0, 0.1) is 23.6 Å². The van der Waals surface area contributed by atoms with E-state index in [-0.39, 0.29) is 11.9 Å². The Bertz CT molecular complexity index is 380. The molecule has 0 radical (unpaired) electrons. The van der Waals surface area contributed by atoms with E-state index in [2.05, 4.69) is 0 Å². The Morgan fingerprint density at radius 1 is 1.25 bits per heavy atom. The van der Waals surface area contributed by atoms with Crippen LogP contribution in [-0.4, -0.2) is 11.2 Å². The second-order valence-electron chi connectivity index (χ2n) is 5.39. The molecule has 1 N–H and O–H groups in total. The predicted molar refractivity (Wildman–Crippen MR) is 60.4 cm³/mol. The summed E-state index contributed by atoms with van der Waals surface area (Å²) in [5.74, 6) is 2.03. The molecule has 3 rings (SSSR count). The molecule has 1 aromatic carbocycles. The highest BCUT2D eigenvalue weighted by Gasteiger charge is 2.47. The van der Waals surface area contributed by atoms with Gasteiger partial charge in [-0.3, -0.25) is 0 Å². The fraction of sp³-hybridized carbons (Fsp3) is 0.571. The first-order valence-corrected chi connectivity index (χ1v) is 6.15. The lowest BCUT2D eigenvalue weighted by atomic mass is 9.92. The number of hydrogen-bond acceptors (Lipinski definition) is 1. The standard InChI is InChI=1S/C14H17FO/c15-13-3-1-2-9(4-13)5-14(16)12-7-10-6-11(10)8-12/h1-4,10-12,14,16H,5-8H2. The smallest absolute Gasteiger partial charge is 0.123 e. The Balaban J connectivity index is 1.61. The van der Waals surface area contributed by atoms with Crippen molar-refractivity contribution in [3.63, 3.8) is 0 Å². The van der Waals surface area contributed by atoms with Crippen LogP contribution >= 0.6 is 0 Å². The lowest BCUT2D eigenvalue weighted by Crippen LogP contribution is -2.21. The number of aliphatic hydroxyl groups is 1. The van der Waals surface area contributed by atoms with Gasteiger partial charge in [-0.2, -0.15) is 0 Å². The molecular formula is C14H17FO. The average molecular weight is 220 g/mol. The minimum Gasteiger partial charge on any atom is -0.392 e. The van der Waals surface area contributed by atoms with Gasteiger partial charge in [0.25, 0.3) is 0 Å². The number of benzene rings is 1. The minimum absolute atomic E-state index is 0.209. The van der Waals surface area contributed by atoms with E-state index in [4.69, 9.17) is 0 Å². The molecule has 0 aliphatic heterocycles. The van der Waals surface area contributed by atoms with Crippen molar-refractivity contribution in [3.8, 4) is 0 Å². The third-order valence-electron chi connectivity index (χ3n) is 4.16. The van der Waals surface area contributed by atoms with Gasteiger partial charge in [-0.25, -0.2) is 4.39 Å². The highest BCUT2D eigenvalue weighted by molar-refractivity contribution is 5.17. The maximum atomic E-state index is 13.0. The SMILES string of the molecule is OC(Cc1cccc(F)c1)C1CC2CC2C1. The number of rotatable bonds is 3. The monoisotopic (exact) mass is 220 g/mol. The van der Waals surface area contributed by atoms with E-state index in [9.17, 15) is 9.50 Å².